The number of carboxylic acid groups (broad SMARTS) is 1. The van der Waals surface area contributed by atoms with Crippen LogP contribution < -0.4 is 0 Å². The summed E-state index contributed by atoms with van der Waals surface area (Å²) >= 11 is 0. The molecule has 144 valence electrons. The zero-order valence-electron chi connectivity index (χ0n) is 15.8. The lowest BCUT2D eigenvalue weighted by Gasteiger charge is -2.38. The van der Waals surface area contributed by atoms with Crippen molar-refractivity contribution < 1.29 is 24.5 Å². The Hall–Kier alpha value is -2.28. The van der Waals surface area contributed by atoms with E-state index in [1.54, 1.807) is 7.05 Å². The molecular formula is C19H28N2O5. The predicted molar refractivity (Wildman–Crippen MR) is 96.7 cm³/mol. The number of benzene rings is 1. The van der Waals surface area contributed by atoms with Crippen molar-refractivity contribution in [2.75, 3.05) is 20.1 Å². The summed E-state index contributed by atoms with van der Waals surface area (Å²) in [6.45, 7) is 6.25. The lowest BCUT2D eigenvalue weighted by molar-refractivity contribution is 0.0580. The molecule has 0 bridgehead atoms. The van der Waals surface area contributed by atoms with Gasteiger partial charge in [-0.3, -0.25) is 0 Å². The van der Waals surface area contributed by atoms with Crippen molar-refractivity contribution in [3.05, 3.63) is 35.9 Å². The van der Waals surface area contributed by atoms with E-state index in [2.05, 4.69) is 0 Å². The molecule has 1 heterocycles. The van der Waals surface area contributed by atoms with Gasteiger partial charge < -0.3 is 24.7 Å². The van der Waals surface area contributed by atoms with Crippen LogP contribution in [0, 0.1) is 11.3 Å². The van der Waals surface area contributed by atoms with Crippen LogP contribution in [0.4, 0.5) is 9.59 Å². The van der Waals surface area contributed by atoms with Crippen LogP contribution in [-0.4, -0.2) is 64.5 Å². The van der Waals surface area contributed by atoms with E-state index in [1.807, 2.05) is 51.1 Å². The van der Waals surface area contributed by atoms with Gasteiger partial charge in [0, 0.05) is 25.6 Å². The van der Waals surface area contributed by atoms with Crippen molar-refractivity contribution in [1.82, 2.24) is 9.80 Å². The van der Waals surface area contributed by atoms with Crippen LogP contribution in [0.3, 0.4) is 0 Å². The Morgan fingerprint density at radius 1 is 1.27 bits per heavy atom. The molecule has 1 fully saturated rings. The molecule has 2 amide bonds. The Morgan fingerprint density at radius 3 is 2.42 bits per heavy atom. The fraction of sp³-hybridized carbons (Fsp3) is 0.579. The minimum absolute atomic E-state index is 0.0504. The normalized spacial score (nSPS) is 23.0. The van der Waals surface area contributed by atoms with Gasteiger partial charge in [-0.15, -0.1) is 0 Å². The third-order valence-corrected chi connectivity index (χ3v) is 4.75. The maximum Gasteiger partial charge on any atom is 0.409 e. The van der Waals surface area contributed by atoms with Crippen LogP contribution in [-0.2, 0) is 11.3 Å². The lowest BCUT2D eigenvalue weighted by atomic mass is 9.78. The van der Waals surface area contributed by atoms with E-state index >= 15 is 0 Å². The summed E-state index contributed by atoms with van der Waals surface area (Å²) in [5.41, 5.74) is 0.523. The van der Waals surface area contributed by atoms with Crippen molar-refractivity contribution in [3.63, 3.8) is 0 Å². The Balaban J connectivity index is 2.02. The molecule has 0 spiro atoms. The van der Waals surface area contributed by atoms with Crippen molar-refractivity contribution in [1.29, 1.82) is 0 Å². The SMILES string of the molecule is CN(CC1C(O)CN(C(=O)O)C1C(C)(C)C)C(=O)OCc1ccccc1. The monoisotopic (exact) mass is 364 g/mol. The highest BCUT2D eigenvalue weighted by Gasteiger charge is 2.49. The van der Waals surface area contributed by atoms with Crippen LogP contribution in [0.25, 0.3) is 0 Å². The van der Waals surface area contributed by atoms with Gasteiger partial charge in [0.05, 0.1) is 12.6 Å². The predicted octanol–water partition coefficient (Wildman–Crippen LogP) is 2.64. The first-order chi connectivity index (χ1) is 12.1. The summed E-state index contributed by atoms with van der Waals surface area (Å²) in [7, 11) is 1.60. The number of likely N-dealkylation sites (tertiary alicyclic amines) is 1. The number of ether oxygens (including phenoxy) is 1. The highest BCUT2D eigenvalue weighted by atomic mass is 16.6. The van der Waals surface area contributed by atoms with E-state index in [1.165, 1.54) is 9.80 Å². The number of carbonyl (C=O) groups is 2. The van der Waals surface area contributed by atoms with Crippen molar-refractivity contribution in [2.24, 2.45) is 11.3 Å². The Bertz CT molecular complexity index is 629. The average molecular weight is 364 g/mol. The second kappa shape index (κ2) is 7.95. The van der Waals surface area contributed by atoms with Gasteiger partial charge in [0.1, 0.15) is 6.61 Å². The summed E-state index contributed by atoms with van der Waals surface area (Å²) < 4.78 is 5.31. The first kappa shape index (κ1) is 20.0. The van der Waals surface area contributed by atoms with Gasteiger partial charge in [-0.2, -0.15) is 0 Å². The van der Waals surface area contributed by atoms with E-state index in [0.717, 1.165) is 5.56 Å². The highest BCUT2D eigenvalue weighted by Crippen LogP contribution is 2.37. The molecule has 1 aromatic carbocycles. The number of nitrogens with zero attached hydrogens (tertiary/aromatic N) is 2. The summed E-state index contributed by atoms with van der Waals surface area (Å²) in [5, 5.41) is 19.8. The first-order valence-corrected chi connectivity index (χ1v) is 8.70. The molecule has 26 heavy (non-hydrogen) atoms. The van der Waals surface area contributed by atoms with E-state index < -0.39 is 18.3 Å². The molecule has 0 radical (unpaired) electrons. The van der Waals surface area contributed by atoms with Crippen molar-refractivity contribution in [3.8, 4) is 0 Å². The quantitative estimate of drug-likeness (QED) is 0.857. The molecule has 0 saturated carbocycles. The molecule has 2 N–H and O–H groups in total. The van der Waals surface area contributed by atoms with Crippen LogP contribution in [0.1, 0.15) is 26.3 Å². The van der Waals surface area contributed by atoms with E-state index in [4.69, 9.17) is 4.74 Å². The van der Waals surface area contributed by atoms with Crippen LogP contribution >= 0.6 is 0 Å². The summed E-state index contributed by atoms with van der Waals surface area (Å²) in [6.07, 6.45) is -2.37. The fourth-order valence-electron chi connectivity index (χ4n) is 3.64. The second-order valence-corrected chi connectivity index (χ2v) is 7.90. The molecule has 0 aliphatic carbocycles. The lowest BCUT2D eigenvalue weighted by Crippen LogP contribution is -2.48. The molecule has 1 aromatic rings. The third kappa shape index (κ3) is 4.66. The number of amides is 2. The Morgan fingerprint density at radius 2 is 1.88 bits per heavy atom. The van der Waals surface area contributed by atoms with E-state index in [-0.39, 0.29) is 37.1 Å². The number of rotatable bonds is 4. The highest BCUT2D eigenvalue weighted by molar-refractivity contribution is 5.68. The van der Waals surface area contributed by atoms with Gasteiger partial charge in [0.15, 0.2) is 0 Å². The van der Waals surface area contributed by atoms with Gasteiger partial charge in [0.2, 0.25) is 0 Å². The molecule has 1 saturated heterocycles. The second-order valence-electron chi connectivity index (χ2n) is 7.90. The van der Waals surface area contributed by atoms with E-state index in [9.17, 15) is 19.8 Å². The zero-order valence-corrected chi connectivity index (χ0v) is 15.8. The molecule has 0 aromatic heterocycles. The van der Waals surface area contributed by atoms with Crippen LogP contribution in [0.2, 0.25) is 0 Å². The number of aliphatic hydroxyl groups is 1. The maximum absolute atomic E-state index is 12.3. The number of hydrogen-bond donors (Lipinski definition) is 2. The molecule has 7 heteroatoms. The number of β-amino-alcohol motifs (C(OH)–C–C–N with tert-alkyl or cyclic N) is 1. The molecule has 7 nitrogen and oxygen atoms in total. The molecular weight excluding hydrogens is 336 g/mol. The van der Waals surface area contributed by atoms with E-state index in [0.29, 0.717) is 0 Å². The molecule has 3 unspecified atom stereocenters. The van der Waals surface area contributed by atoms with Crippen LogP contribution in [0.5, 0.6) is 0 Å². The summed E-state index contributed by atoms with van der Waals surface area (Å²) in [5.74, 6) is -0.375. The number of aliphatic hydroxyl groups excluding tert-OH is 1. The zero-order chi connectivity index (χ0) is 19.5. The third-order valence-electron chi connectivity index (χ3n) is 4.75. The maximum atomic E-state index is 12.3. The summed E-state index contributed by atoms with van der Waals surface area (Å²) in [4.78, 5) is 26.5. The van der Waals surface area contributed by atoms with Crippen molar-refractivity contribution >= 4 is 12.2 Å². The van der Waals surface area contributed by atoms with Gasteiger partial charge in [-0.25, -0.2) is 9.59 Å². The molecule has 1 aliphatic rings. The summed E-state index contributed by atoms with van der Waals surface area (Å²) in [6, 6.07) is 8.98. The standard InChI is InChI=1S/C19H28N2O5/c1-19(2,3)16-14(15(22)11-21(16)17(23)24)10-20(4)18(25)26-12-13-8-6-5-7-9-13/h5-9,14-16,22H,10-12H2,1-4H3,(H,23,24). The van der Waals surface area contributed by atoms with Gasteiger partial charge in [-0.1, -0.05) is 51.1 Å². The first-order valence-electron chi connectivity index (χ1n) is 8.70. The minimum Gasteiger partial charge on any atom is -0.465 e. The Labute approximate surface area is 154 Å². The number of carbonyl (C=O) groups excluding carboxylic acids is 1. The van der Waals surface area contributed by atoms with Gasteiger partial charge in [-0.05, 0) is 11.0 Å². The molecule has 1 aliphatic heterocycles. The van der Waals surface area contributed by atoms with Gasteiger partial charge >= 0.3 is 12.2 Å². The average Bonchev–Trinajstić information content (AvgIpc) is 2.90. The molecule has 3 atom stereocenters. The van der Waals surface area contributed by atoms with Crippen LogP contribution in [0.15, 0.2) is 30.3 Å². The Kier molecular flexibility index (Phi) is 6.13. The number of hydrogen-bond acceptors (Lipinski definition) is 4. The van der Waals surface area contributed by atoms with Crippen molar-refractivity contribution in [2.45, 2.75) is 39.5 Å². The van der Waals surface area contributed by atoms with Gasteiger partial charge in [0.25, 0.3) is 0 Å². The minimum atomic E-state index is -1.05. The smallest absolute Gasteiger partial charge is 0.409 e. The topological polar surface area (TPSA) is 90.3 Å². The fourth-order valence-corrected chi connectivity index (χ4v) is 3.64. The largest absolute Gasteiger partial charge is 0.465 e. The molecule has 2 rings (SSSR count).